The summed E-state index contributed by atoms with van der Waals surface area (Å²) in [5.41, 5.74) is 3.95. The number of benzene rings is 1. The molecule has 3 heterocycles. The quantitative estimate of drug-likeness (QED) is 0.699. The van der Waals surface area contributed by atoms with Crippen molar-refractivity contribution in [1.29, 1.82) is 0 Å². The zero-order valence-corrected chi connectivity index (χ0v) is 16.3. The number of morpholine rings is 1. The van der Waals surface area contributed by atoms with Gasteiger partial charge in [0, 0.05) is 37.6 Å². The number of aromatic nitrogens is 3. The lowest BCUT2D eigenvalue weighted by Gasteiger charge is -2.26. The van der Waals surface area contributed by atoms with E-state index in [4.69, 9.17) is 9.84 Å². The third-order valence-electron chi connectivity index (χ3n) is 5.75. The molecule has 0 bridgehead atoms. The third kappa shape index (κ3) is 3.38. The number of pyridine rings is 1. The predicted octanol–water partition coefficient (Wildman–Crippen LogP) is 2.70. The summed E-state index contributed by atoms with van der Waals surface area (Å²) in [5, 5.41) is 15.0. The maximum atomic E-state index is 14.1. The second kappa shape index (κ2) is 7.62. The van der Waals surface area contributed by atoms with Gasteiger partial charge in [0.2, 0.25) is 0 Å². The van der Waals surface area contributed by atoms with Gasteiger partial charge in [-0.05, 0) is 41.5 Å². The van der Waals surface area contributed by atoms with Crippen LogP contribution in [-0.2, 0) is 17.7 Å². The van der Waals surface area contributed by atoms with Crippen molar-refractivity contribution in [2.24, 2.45) is 0 Å². The number of fused-ring (bicyclic) bond motifs is 2. The van der Waals surface area contributed by atoms with Crippen molar-refractivity contribution in [2.75, 3.05) is 32.8 Å². The molecular weight excluding hydrogens is 387 g/mol. The molecule has 0 radical (unpaired) electrons. The molecule has 1 aromatic carbocycles. The number of carboxylic acid groups (broad SMARTS) is 1. The molecule has 1 N–H and O–H groups in total. The maximum Gasteiger partial charge on any atom is 0.336 e. The molecule has 1 saturated heterocycles. The van der Waals surface area contributed by atoms with E-state index >= 15 is 0 Å². The van der Waals surface area contributed by atoms with E-state index in [1.54, 1.807) is 6.07 Å². The standard InChI is InChI=1S/C22H21FN4O3/c23-15-1-2-20-18(13-15)21(25-27(20)6-5-26-7-9-30-10-8-26)14-11-17-16(22(28)29)3-4-24-19(17)12-14/h1-4,12-13H,5-11H2,(H,28,29). The van der Waals surface area contributed by atoms with Crippen molar-refractivity contribution in [3.05, 3.63) is 58.8 Å². The minimum absolute atomic E-state index is 0.244. The van der Waals surface area contributed by atoms with Crippen LogP contribution in [-0.4, -0.2) is 63.6 Å². The minimum Gasteiger partial charge on any atom is -0.478 e. The second-order valence-corrected chi connectivity index (χ2v) is 7.56. The van der Waals surface area contributed by atoms with Gasteiger partial charge in [-0.25, -0.2) is 9.18 Å². The smallest absolute Gasteiger partial charge is 0.336 e. The number of hydrogen-bond acceptors (Lipinski definition) is 5. The van der Waals surface area contributed by atoms with Crippen LogP contribution in [0.25, 0.3) is 22.6 Å². The van der Waals surface area contributed by atoms with Gasteiger partial charge in [-0.1, -0.05) is 0 Å². The number of carboxylic acids is 1. The van der Waals surface area contributed by atoms with Gasteiger partial charge in [0.1, 0.15) is 5.82 Å². The van der Waals surface area contributed by atoms with E-state index < -0.39 is 5.97 Å². The fraction of sp³-hybridized carbons (Fsp3) is 0.318. The Morgan fingerprint density at radius 3 is 2.83 bits per heavy atom. The molecule has 3 aromatic rings. The lowest BCUT2D eigenvalue weighted by atomic mass is 10.0. The lowest BCUT2D eigenvalue weighted by Crippen LogP contribution is -2.38. The molecule has 30 heavy (non-hydrogen) atoms. The molecule has 8 heteroatoms. The Labute approximate surface area is 172 Å². The Kier molecular flexibility index (Phi) is 4.80. The zero-order valence-electron chi connectivity index (χ0n) is 16.3. The molecule has 2 aromatic heterocycles. The molecule has 1 aliphatic heterocycles. The van der Waals surface area contributed by atoms with Crippen LogP contribution in [0.3, 0.4) is 0 Å². The van der Waals surface area contributed by atoms with Gasteiger partial charge >= 0.3 is 5.97 Å². The van der Waals surface area contributed by atoms with Crippen molar-refractivity contribution < 1.29 is 19.0 Å². The highest BCUT2D eigenvalue weighted by molar-refractivity contribution is 6.00. The zero-order chi connectivity index (χ0) is 20.7. The minimum atomic E-state index is -0.977. The van der Waals surface area contributed by atoms with Crippen molar-refractivity contribution in [3.8, 4) is 0 Å². The molecule has 5 rings (SSSR count). The summed E-state index contributed by atoms with van der Waals surface area (Å²) in [4.78, 5) is 18.2. The molecule has 1 fully saturated rings. The maximum absolute atomic E-state index is 14.1. The van der Waals surface area contributed by atoms with Gasteiger partial charge in [0.05, 0.1) is 42.2 Å². The third-order valence-corrected chi connectivity index (χ3v) is 5.75. The first-order valence-electron chi connectivity index (χ1n) is 9.98. The van der Waals surface area contributed by atoms with Gasteiger partial charge in [-0.15, -0.1) is 0 Å². The van der Waals surface area contributed by atoms with Crippen LogP contribution in [0.5, 0.6) is 0 Å². The number of carbonyl (C=O) groups is 1. The van der Waals surface area contributed by atoms with Crippen LogP contribution in [0.15, 0.2) is 30.5 Å². The summed E-state index contributed by atoms with van der Waals surface area (Å²) in [6.07, 6.45) is 3.78. The molecule has 0 amide bonds. The SMILES string of the molecule is O=C(O)c1ccnc2c1CC(c1nn(CCN3CCOCC3)c3ccc(F)cc13)=C2. The number of aromatic carboxylic acids is 1. The number of nitrogens with zero attached hydrogens (tertiary/aromatic N) is 4. The van der Waals surface area contributed by atoms with E-state index in [0.717, 1.165) is 49.3 Å². The van der Waals surface area contributed by atoms with Gasteiger partial charge in [0.25, 0.3) is 0 Å². The summed E-state index contributed by atoms with van der Waals surface area (Å²) in [7, 11) is 0. The highest BCUT2D eigenvalue weighted by Gasteiger charge is 2.25. The van der Waals surface area contributed by atoms with E-state index in [1.165, 1.54) is 24.4 Å². The number of rotatable bonds is 5. The van der Waals surface area contributed by atoms with Crippen LogP contribution >= 0.6 is 0 Å². The molecule has 0 unspecified atom stereocenters. The Hall–Kier alpha value is -3.10. The van der Waals surface area contributed by atoms with E-state index in [2.05, 4.69) is 9.88 Å². The van der Waals surface area contributed by atoms with Crippen LogP contribution in [0.2, 0.25) is 0 Å². The van der Waals surface area contributed by atoms with Gasteiger partial charge in [-0.3, -0.25) is 14.6 Å². The highest BCUT2D eigenvalue weighted by atomic mass is 19.1. The average Bonchev–Trinajstić information content (AvgIpc) is 3.33. The molecule has 2 aliphatic rings. The van der Waals surface area contributed by atoms with Crippen molar-refractivity contribution in [2.45, 2.75) is 13.0 Å². The van der Waals surface area contributed by atoms with Crippen molar-refractivity contribution in [3.63, 3.8) is 0 Å². The first-order valence-corrected chi connectivity index (χ1v) is 9.98. The van der Waals surface area contributed by atoms with Crippen LogP contribution < -0.4 is 0 Å². The Bertz CT molecular complexity index is 1160. The van der Waals surface area contributed by atoms with E-state index in [1.807, 2.05) is 10.8 Å². The molecular formula is C22H21FN4O3. The summed E-state index contributed by atoms with van der Waals surface area (Å²) in [6, 6.07) is 6.21. The van der Waals surface area contributed by atoms with Crippen LogP contribution in [0.1, 0.15) is 27.3 Å². The predicted molar refractivity (Wildman–Crippen MR) is 110 cm³/mol. The van der Waals surface area contributed by atoms with Gasteiger partial charge in [-0.2, -0.15) is 5.10 Å². The topological polar surface area (TPSA) is 80.5 Å². The monoisotopic (exact) mass is 408 g/mol. The average molecular weight is 408 g/mol. The molecule has 0 saturated carbocycles. The van der Waals surface area contributed by atoms with Crippen LogP contribution in [0, 0.1) is 5.82 Å². The fourth-order valence-electron chi connectivity index (χ4n) is 4.20. The molecule has 0 spiro atoms. The Balaban J connectivity index is 1.49. The Morgan fingerprint density at radius 1 is 1.20 bits per heavy atom. The first-order chi connectivity index (χ1) is 14.6. The second-order valence-electron chi connectivity index (χ2n) is 7.56. The fourth-order valence-corrected chi connectivity index (χ4v) is 4.20. The lowest BCUT2D eigenvalue weighted by molar-refractivity contribution is 0.0361. The highest BCUT2D eigenvalue weighted by Crippen LogP contribution is 2.35. The van der Waals surface area contributed by atoms with Crippen molar-refractivity contribution >= 4 is 28.5 Å². The van der Waals surface area contributed by atoms with E-state index in [-0.39, 0.29) is 11.4 Å². The normalized spacial score (nSPS) is 16.6. The van der Waals surface area contributed by atoms with E-state index in [0.29, 0.717) is 29.9 Å². The van der Waals surface area contributed by atoms with E-state index in [9.17, 15) is 14.3 Å². The first kappa shape index (κ1) is 18.9. The van der Waals surface area contributed by atoms with Gasteiger partial charge in [0.15, 0.2) is 0 Å². The van der Waals surface area contributed by atoms with Gasteiger partial charge < -0.3 is 9.84 Å². The number of hydrogen-bond donors (Lipinski definition) is 1. The summed E-state index contributed by atoms with van der Waals surface area (Å²) in [5.74, 6) is -1.30. The summed E-state index contributed by atoms with van der Waals surface area (Å²) < 4.78 is 21.4. The number of ether oxygens (including phenoxy) is 1. The summed E-state index contributed by atoms with van der Waals surface area (Å²) >= 11 is 0. The largest absolute Gasteiger partial charge is 0.478 e. The molecule has 154 valence electrons. The molecule has 1 aliphatic carbocycles. The van der Waals surface area contributed by atoms with Crippen LogP contribution in [0.4, 0.5) is 4.39 Å². The van der Waals surface area contributed by atoms with Crippen molar-refractivity contribution in [1.82, 2.24) is 19.7 Å². The number of allylic oxidation sites excluding steroid dienone is 1. The Morgan fingerprint density at radius 2 is 2.03 bits per heavy atom. The number of halogens is 1. The summed E-state index contributed by atoms with van der Waals surface area (Å²) in [6.45, 7) is 4.78. The molecule has 7 nitrogen and oxygen atoms in total. The molecule has 0 atom stereocenters.